The van der Waals surface area contributed by atoms with E-state index in [4.69, 9.17) is 10.5 Å². The Morgan fingerprint density at radius 3 is 2.79 bits per heavy atom. The minimum Gasteiger partial charge on any atom is -0.490 e. The van der Waals surface area contributed by atoms with Crippen LogP contribution in [0.15, 0.2) is 18.2 Å². The van der Waals surface area contributed by atoms with Gasteiger partial charge in [-0.15, -0.1) is 0 Å². The lowest BCUT2D eigenvalue weighted by Gasteiger charge is -2.22. The van der Waals surface area contributed by atoms with Crippen molar-refractivity contribution in [1.82, 2.24) is 0 Å². The van der Waals surface area contributed by atoms with Crippen LogP contribution in [0.1, 0.15) is 44.2 Å². The molecule has 104 valence electrons. The van der Waals surface area contributed by atoms with Crippen molar-refractivity contribution >= 4 is 0 Å². The third-order valence-electron chi connectivity index (χ3n) is 4.82. The molecule has 2 bridgehead atoms. The zero-order chi connectivity index (χ0) is 13.4. The van der Waals surface area contributed by atoms with Crippen molar-refractivity contribution in [2.24, 2.45) is 23.5 Å². The summed E-state index contributed by atoms with van der Waals surface area (Å²) in [5.74, 6) is 2.43. The molecule has 0 heterocycles. The van der Waals surface area contributed by atoms with Gasteiger partial charge in [0.05, 0.1) is 6.61 Å². The van der Waals surface area contributed by atoms with Crippen molar-refractivity contribution in [2.45, 2.75) is 38.6 Å². The van der Waals surface area contributed by atoms with Crippen molar-refractivity contribution in [3.8, 4) is 5.75 Å². The Morgan fingerprint density at radius 2 is 2.21 bits per heavy atom. The molecule has 2 saturated carbocycles. The summed E-state index contributed by atoms with van der Waals surface area (Å²) in [5.41, 5.74) is 6.55. The van der Waals surface area contributed by atoms with Crippen molar-refractivity contribution in [3.05, 3.63) is 29.6 Å². The van der Waals surface area contributed by atoms with Crippen molar-refractivity contribution in [2.75, 3.05) is 6.61 Å². The molecule has 0 saturated heterocycles. The molecule has 2 nitrogen and oxygen atoms in total. The molecular formula is C16H22FNO. The molecule has 2 N–H and O–H groups in total. The monoisotopic (exact) mass is 263 g/mol. The largest absolute Gasteiger partial charge is 0.490 e. The summed E-state index contributed by atoms with van der Waals surface area (Å²) in [5, 5.41) is 0. The van der Waals surface area contributed by atoms with E-state index in [0.717, 1.165) is 17.4 Å². The van der Waals surface area contributed by atoms with Gasteiger partial charge in [-0.1, -0.05) is 12.5 Å². The third-order valence-corrected chi connectivity index (χ3v) is 4.82. The standard InChI is InChI=1S/C16H22FNO/c1-10(18)12-4-5-16(15(17)8-12)19-9-14-7-11-2-3-13(14)6-11/h4-5,8,10-11,13-14H,2-3,6-7,9,18H2,1H3/t10-,11?,13?,14?/m0/s1. The first kappa shape index (κ1) is 12.9. The Kier molecular flexibility index (Phi) is 3.48. The van der Waals surface area contributed by atoms with Gasteiger partial charge in [-0.2, -0.15) is 0 Å². The highest BCUT2D eigenvalue weighted by atomic mass is 19.1. The quantitative estimate of drug-likeness (QED) is 0.899. The molecular weight excluding hydrogens is 241 g/mol. The fourth-order valence-electron chi connectivity index (χ4n) is 3.69. The summed E-state index contributed by atoms with van der Waals surface area (Å²) in [6.07, 6.45) is 5.35. The Bertz CT molecular complexity index is 460. The molecule has 4 atom stereocenters. The molecule has 3 rings (SSSR count). The van der Waals surface area contributed by atoms with Crippen LogP contribution >= 0.6 is 0 Å². The number of fused-ring (bicyclic) bond motifs is 2. The second-order valence-electron chi connectivity index (χ2n) is 6.22. The van der Waals surface area contributed by atoms with Crippen molar-refractivity contribution < 1.29 is 9.13 Å². The average Bonchev–Trinajstić information content (AvgIpc) is 2.99. The van der Waals surface area contributed by atoms with E-state index in [1.807, 2.05) is 13.0 Å². The van der Waals surface area contributed by atoms with Crippen LogP contribution in [0.2, 0.25) is 0 Å². The van der Waals surface area contributed by atoms with Crippen LogP contribution in [0.5, 0.6) is 5.75 Å². The van der Waals surface area contributed by atoms with Gasteiger partial charge in [0.25, 0.3) is 0 Å². The smallest absolute Gasteiger partial charge is 0.165 e. The van der Waals surface area contributed by atoms with Crippen LogP contribution in [0.25, 0.3) is 0 Å². The predicted molar refractivity (Wildman–Crippen MR) is 73.4 cm³/mol. The van der Waals surface area contributed by atoms with Gasteiger partial charge < -0.3 is 10.5 Å². The molecule has 1 aromatic rings. The lowest BCUT2D eigenvalue weighted by Crippen LogP contribution is -2.19. The summed E-state index contributed by atoms with van der Waals surface area (Å²) in [7, 11) is 0. The molecule has 2 aliphatic carbocycles. The minimum atomic E-state index is -0.294. The number of rotatable bonds is 4. The maximum absolute atomic E-state index is 13.9. The van der Waals surface area contributed by atoms with Gasteiger partial charge in [0.2, 0.25) is 0 Å². The fraction of sp³-hybridized carbons (Fsp3) is 0.625. The lowest BCUT2D eigenvalue weighted by molar-refractivity contribution is 0.189. The summed E-state index contributed by atoms with van der Waals surface area (Å²) in [4.78, 5) is 0. The van der Waals surface area contributed by atoms with Gasteiger partial charge >= 0.3 is 0 Å². The van der Waals surface area contributed by atoms with Gasteiger partial charge in [0.1, 0.15) is 0 Å². The molecule has 0 radical (unpaired) electrons. The normalized spacial score (nSPS) is 30.6. The lowest BCUT2D eigenvalue weighted by atomic mass is 9.89. The van der Waals surface area contributed by atoms with Gasteiger partial charge in [0.15, 0.2) is 11.6 Å². The van der Waals surface area contributed by atoms with E-state index in [0.29, 0.717) is 18.3 Å². The highest BCUT2D eigenvalue weighted by Crippen LogP contribution is 2.48. The highest BCUT2D eigenvalue weighted by Gasteiger charge is 2.39. The molecule has 1 aromatic carbocycles. The molecule has 0 aliphatic heterocycles. The SMILES string of the molecule is C[C@H](N)c1ccc(OCC2CC3CCC2C3)c(F)c1. The van der Waals surface area contributed by atoms with Gasteiger partial charge in [-0.25, -0.2) is 4.39 Å². The number of ether oxygens (including phenoxy) is 1. The minimum absolute atomic E-state index is 0.144. The van der Waals surface area contributed by atoms with E-state index in [1.165, 1.54) is 31.7 Å². The Labute approximate surface area is 114 Å². The van der Waals surface area contributed by atoms with E-state index in [-0.39, 0.29) is 11.9 Å². The molecule has 2 fully saturated rings. The van der Waals surface area contributed by atoms with E-state index in [2.05, 4.69) is 0 Å². The summed E-state index contributed by atoms with van der Waals surface area (Å²) < 4.78 is 19.6. The van der Waals surface area contributed by atoms with E-state index >= 15 is 0 Å². The molecule has 0 amide bonds. The van der Waals surface area contributed by atoms with E-state index in [9.17, 15) is 4.39 Å². The summed E-state index contributed by atoms with van der Waals surface area (Å²) >= 11 is 0. The van der Waals surface area contributed by atoms with Crippen LogP contribution < -0.4 is 10.5 Å². The topological polar surface area (TPSA) is 35.2 Å². The van der Waals surface area contributed by atoms with E-state index in [1.54, 1.807) is 6.07 Å². The number of nitrogens with two attached hydrogens (primary N) is 1. The number of benzene rings is 1. The number of hydrogen-bond donors (Lipinski definition) is 1. The maximum atomic E-state index is 13.9. The van der Waals surface area contributed by atoms with Gasteiger partial charge in [-0.05, 0) is 61.6 Å². The zero-order valence-electron chi connectivity index (χ0n) is 11.4. The Balaban J connectivity index is 1.61. The van der Waals surface area contributed by atoms with Crippen molar-refractivity contribution in [1.29, 1.82) is 0 Å². The molecule has 2 aliphatic rings. The van der Waals surface area contributed by atoms with Crippen LogP contribution in [-0.2, 0) is 0 Å². The summed E-state index contributed by atoms with van der Waals surface area (Å²) in [6, 6.07) is 4.90. The second-order valence-corrected chi connectivity index (χ2v) is 6.22. The number of halogens is 1. The first-order chi connectivity index (χ1) is 9.13. The Hall–Kier alpha value is -1.09. The molecule has 19 heavy (non-hydrogen) atoms. The second kappa shape index (κ2) is 5.12. The molecule has 0 spiro atoms. The zero-order valence-corrected chi connectivity index (χ0v) is 11.4. The predicted octanol–water partition coefficient (Wildman–Crippen LogP) is 3.66. The first-order valence-electron chi connectivity index (χ1n) is 7.31. The van der Waals surface area contributed by atoms with Crippen LogP contribution in [0, 0.1) is 23.6 Å². The first-order valence-corrected chi connectivity index (χ1v) is 7.31. The van der Waals surface area contributed by atoms with Crippen molar-refractivity contribution in [3.63, 3.8) is 0 Å². The Morgan fingerprint density at radius 1 is 1.37 bits per heavy atom. The average molecular weight is 263 g/mol. The molecule has 3 heteroatoms. The fourth-order valence-corrected chi connectivity index (χ4v) is 3.69. The summed E-state index contributed by atoms with van der Waals surface area (Å²) in [6.45, 7) is 2.51. The molecule has 0 aromatic heterocycles. The highest BCUT2D eigenvalue weighted by molar-refractivity contribution is 5.30. The van der Waals surface area contributed by atoms with E-state index < -0.39 is 0 Å². The third kappa shape index (κ3) is 2.62. The number of hydrogen-bond acceptors (Lipinski definition) is 2. The van der Waals surface area contributed by atoms with Crippen LogP contribution in [-0.4, -0.2) is 6.61 Å². The van der Waals surface area contributed by atoms with Gasteiger partial charge in [-0.3, -0.25) is 0 Å². The van der Waals surface area contributed by atoms with Crippen LogP contribution in [0.3, 0.4) is 0 Å². The maximum Gasteiger partial charge on any atom is 0.165 e. The van der Waals surface area contributed by atoms with Crippen LogP contribution in [0.4, 0.5) is 4.39 Å². The van der Waals surface area contributed by atoms with Gasteiger partial charge in [0, 0.05) is 6.04 Å². The molecule has 3 unspecified atom stereocenters.